The van der Waals surface area contributed by atoms with Gasteiger partial charge in [0.1, 0.15) is 0 Å². The van der Waals surface area contributed by atoms with E-state index in [1.807, 2.05) is 0 Å². The van der Waals surface area contributed by atoms with E-state index in [4.69, 9.17) is 0 Å². The van der Waals surface area contributed by atoms with Crippen LogP contribution in [0.3, 0.4) is 0 Å². The monoisotopic (exact) mass is 723 g/mol. The lowest BCUT2D eigenvalue weighted by atomic mass is 9.70. The van der Waals surface area contributed by atoms with Crippen LogP contribution in [-0.2, 0) is 11.8 Å². The van der Waals surface area contributed by atoms with Crippen molar-refractivity contribution in [3.8, 4) is 55.6 Å². The van der Waals surface area contributed by atoms with Crippen molar-refractivity contribution in [2.45, 2.75) is 11.8 Å². The number of rotatable bonds is 5. The van der Waals surface area contributed by atoms with Crippen LogP contribution in [0.4, 0.5) is 17.1 Å². The van der Waals surface area contributed by atoms with E-state index >= 15 is 0 Å². The third-order valence-corrected chi connectivity index (χ3v) is 12.7. The number of fused-ring (bicyclic) bond motifs is 13. The molecule has 1 nitrogen and oxygen atoms in total. The third kappa shape index (κ3) is 4.70. The second-order valence-corrected chi connectivity index (χ2v) is 15.6. The smallest absolute Gasteiger partial charge is 0.0725 e. The molecule has 1 spiro atoms. The van der Waals surface area contributed by atoms with E-state index < -0.39 is 0 Å². The zero-order chi connectivity index (χ0) is 37.5. The molecule has 0 atom stereocenters. The molecule has 0 fully saturated rings. The van der Waals surface area contributed by atoms with E-state index in [0.29, 0.717) is 0 Å². The van der Waals surface area contributed by atoms with E-state index in [9.17, 15) is 0 Å². The molecule has 0 N–H and O–H groups in total. The molecule has 9 aromatic rings. The summed E-state index contributed by atoms with van der Waals surface area (Å²) in [4.78, 5) is 2.31. The van der Waals surface area contributed by atoms with Gasteiger partial charge in [-0.3, -0.25) is 0 Å². The van der Waals surface area contributed by atoms with E-state index in [0.717, 1.165) is 23.5 Å². The topological polar surface area (TPSA) is 3.24 Å². The predicted molar refractivity (Wildman–Crippen MR) is 237 cm³/mol. The molecule has 0 aromatic heterocycles. The van der Waals surface area contributed by atoms with Crippen LogP contribution in [0.15, 0.2) is 212 Å². The molecule has 0 saturated heterocycles. The largest absolute Gasteiger partial charge is 0.311 e. The van der Waals surface area contributed by atoms with Crippen molar-refractivity contribution in [3.63, 3.8) is 0 Å². The van der Waals surface area contributed by atoms with Crippen LogP contribution in [0.2, 0.25) is 0 Å². The number of hydrogen-bond donors (Lipinski definition) is 0. The molecule has 266 valence electrons. The van der Waals surface area contributed by atoms with Gasteiger partial charge in [0.15, 0.2) is 0 Å². The maximum Gasteiger partial charge on any atom is 0.0725 e. The molecule has 9 aromatic carbocycles. The van der Waals surface area contributed by atoms with Crippen LogP contribution < -0.4 is 4.90 Å². The normalized spacial score (nSPS) is 13.3. The lowest BCUT2D eigenvalue weighted by molar-refractivity contribution is 0.794. The van der Waals surface area contributed by atoms with Gasteiger partial charge in [-0.1, -0.05) is 158 Å². The number of benzene rings is 9. The Morgan fingerprint density at radius 3 is 1.19 bits per heavy atom. The lowest BCUT2D eigenvalue weighted by Gasteiger charge is -2.30. The maximum absolute atomic E-state index is 2.50. The lowest BCUT2D eigenvalue weighted by Crippen LogP contribution is -2.25. The van der Waals surface area contributed by atoms with Gasteiger partial charge in [-0.05, 0) is 150 Å². The van der Waals surface area contributed by atoms with Gasteiger partial charge >= 0.3 is 0 Å². The minimum absolute atomic E-state index is 0.345. The zero-order valence-corrected chi connectivity index (χ0v) is 31.4. The number of hydrogen-bond acceptors (Lipinski definition) is 1. The SMILES string of the molecule is c1ccc(N(c2ccccc2)c2ccc(-c3ccc4c(c3)-c3cc(-c5ccc6c(c5)C5(c7ccccc7-c7ccccc75)c5ccccc5-6)ccc3C4)cc2)cc1. The number of nitrogens with zero attached hydrogens (tertiary/aromatic N) is 1. The van der Waals surface area contributed by atoms with Crippen molar-refractivity contribution >= 4 is 17.1 Å². The standard InChI is InChI=1S/C56H37N/c1-3-13-43(14-4-1)57(44-15-5-2-6-16-44)45-30-27-37(28-31-45)38-23-25-41-33-42-26-24-39(35-51(42)50(41)34-38)40-29-32-49-48-19-9-12-22-54(48)56(55(49)36-40)52-20-10-7-17-46(52)47-18-8-11-21-53(47)56/h1-32,34-36H,33H2. The second-order valence-electron chi connectivity index (χ2n) is 15.6. The Morgan fingerprint density at radius 1 is 0.281 bits per heavy atom. The van der Waals surface area contributed by atoms with Gasteiger partial charge < -0.3 is 4.90 Å². The molecule has 0 amide bonds. The summed E-state index contributed by atoms with van der Waals surface area (Å²) < 4.78 is 0. The Hall–Kier alpha value is -7.22. The Morgan fingerprint density at radius 2 is 0.667 bits per heavy atom. The quantitative estimate of drug-likeness (QED) is 0.171. The summed E-state index contributed by atoms with van der Waals surface area (Å²) >= 11 is 0. The molecule has 3 aliphatic carbocycles. The molecule has 0 saturated carbocycles. The van der Waals surface area contributed by atoms with Crippen molar-refractivity contribution in [1.29, 1.82) is 0 Å². The third-order valence-electron chi connectivity index (χ3n) is 12.7. The second kappa shape index (κ2) is 12.4. The van der Waals surface area contributed by atoms with Gasteiger partial charge in [0.05, 0.1) is 5.41 Å². The minimum atomic E-state index is -0.345. The average Bonchev–Trinajstić information content (AvgIpc) is 3.91. The van der Waals surface area contributed by atoms with E-state index in [1.54, 1.807) is 0 Å². The highest BCUT2D eigenvalue weighted by Crippen LogP contribution is 2.63. The highest BCUT2D eigenvalue weighted by molar-refractivity contribution is 5.96. The highest BCUT2D eigenvalue weighted by atomic mass is 15.1. The fourth-order valence-electron chi connectivity index (χ4n) is 10.2. The molecule has 3 aliphatic rings. The Labute approximate surface area is 333 Å². The molecule has 0 radical (unpaired) electrons. The van der Waals surface area contributed by atoms with Crippen LogP contribution in [0.5, 0.6) is 0 Å². The minimum Gasteiger partial charge on any atom is -0.311 e. The molecule has 57 heavy (non-hydrogen) atoms. The van der Waals surface area contributed by atoms with Gasteiger partial charge in [0.25, 0.3) is 0 Å². The van der Waals surface area contributed by atoms with E-state index in [2.05, 4.69) is 217 Å². The van der Waals surface area contributed by atoms with E-state index in [-0.39, 0.29) is 5.41 Å². The average molecular weight is 724 g/mol. The van der Waals surface area contributed by atoms with Crippen LogP contribution in [0.1, 0.15) is 33.4 Å². The molecule has 0 heterocycles. The highest BCUT2D eigenvalue weighted by Gasteiger charge is 2.51. The van der Waals surface area contributed by atoms with Gasteiger partial charge in [-0.2, -0.15) is 0 Å². The zero-order valence-electron chi connectivity index (χ0n) is 31.4. The van der Waals surface area contributed by atoms with Crippen molar-refractivity contribution in [3.05, 3.63) is 246 Å². The molecule has 0 unspecified atom stereocenters. The van der Waals surface area contributed by atoms with Gasteiger partial charge in [0, 0.05) is 17.1 Å². The van der Waals surface area contributed by atoms with E-state index in [1.165, 1.54) is 89.0 Å². The van der Waals surface area contributed by atoms with Crippen LogP contribution in [0.25, 0.3) is 55.6 Å². The number of para-hydroxylation sites is 2. The molecular formula is C56H37N. The molecule has 1 heteroatoms. The van der Waals surface area contributed by atoms with Crippen LogP contribution in [-0.4, -0.2) is 0 Å². The van der Waals surface area contributed by atoms with Gasteiger partial charge in [-0.25, -0.2) is 0 Å². The first kappa shape index (κ1) is 32.1. The summed E-state index contributed by atoms with van der Waals surface area (Å²) in [5.41, 5.74) is 24.4. The first-order chi connectivity index (χ1) is 28.3. The van der Waals surface area contributed by atoms with Gasteiger partial charge in [-0.15, -0.1) is 0 Å². The summed E-state index contributed by atoms with van der Waals surface area (Å²) in [6.07, 6.45) is 0.962. The van der Waals surface area contributed by atoms with Crippen molar-refractivity contribution in [2.24, 2.45) is 0 Å². The predicted octanol–water partition coefficient (Wildman–Crippen LogP) is 14.4. The summed E-state index contributed by atoms with van der Waals surface area (Å²) in [5, 5.41) is 0. The molecular weight excluding hydrogens is 687 g/mol. The fourth-order valence-corrected chi connectivity index (χ4v) is 10.2. The molecule has 0 bridgehead atoms. The first-order valence-corrected chi connectivity index (χ1v) is 20.0. The van der Waals surface area contributed by atoms with Crippen molar-refractivity contribution in [2.75, 3.05) is 4.90 Å². The summed E-state index contributed by atoms with van der Waals surface area (Å²) in [5.74, 6) is 0. The molecule has 0 aliphatic heterocycles. The Bertz CT molecular complexity index is 2930. The first-order valence-electron chi connectivity index (χ1n) is 20.0. The maximum atomic E-state index is 2.50. The number of anilines is 3. The Kier molecular flexibility index (Phi) is 6.97. The summed E-state index contributed by atoms with van der Waals surface area (Å²) in [7, 11) is 0. The molecule has 12 rings (SSSR count). The Balaban J connectivity index is 0.933. The van der Waals surface area contributed by atoms with Crippen molar-refractivity contribution in [1.82, 2.24) is 0 Å². The van der Waals surface area contributed by atoms with Crippen molar-refractivity contribution < 1.29 is 0 Å². The summed E-state index contributed by atoms with van der Waals surface area (Å²) in [6.45, 7) is 0. The fraction of sp³-hybridized carbons (Fsp3) is 0.0357. The summed E-state index contributed by atoms with van der Waals surface area (Å²) in [6, 6.07) is 78.8. The van der Waals surface area contributed by atoms with Gasteiger partial charge in [0.2, 0.25) is 0 Å². The van der Waals surface area contributed by atoms with Crippen LogP contribution in [0, 0.1) is 0 Å². The van der Waals surface area contributed by atoms with Crippen LogP contribution >= 0.6 is 0 Å².